The first-order valence-electron chi connectivity index (χ1n) is 8.22. The Morgan fingerprint density at radius 1 is 0.958 bits per heavy atom. The van der Waals surface area contributed by atoms with Crippen LogP contribution >= 0.6 is 0 Å². The first-order valence-corrected chi connectivity index (χ1v) is 8.22. The van der Waals surface area contributed by atoms with Gasteiger partial charge < -0.3 is 10.2 Å². The third-order valence-corrected chi connectivity index (χ3v) is 4.57. The maximum Gasteiger partial charge on any atom is 0.228 e. The van der Waals surface area contributed by atoms with Gasteiger partial charge in [-0.1, -0.05) is 48.6 Å². The summed E-state index contributed by atoms with van der Waals surface area (Å²) >= 11 is 0. The fourth-order valence-electron chi connectivity index (χ4n) is 3.27. The average molecular weight is 322 g/mol. The van der Waals surface area contributed by atoms with Crippen molar-refractivity contribution < 1.29 is 9.59 Å². The minimum Gasteiger partial charge on any atom is -0.349 e. The Morgan fingerprint density at radius 2 is 1.62 bits per heavy atom. The minimum absolute atomic E-state index is 0.0115. The summed E-state index contributed by atoms with van der Waals surface area (Å²) < 4.78 is 0. The molecule has 3 rings (SSSR count). The lowest BCUT2D eigenvalue weighted by molar-refractivity contribution is -0.138. The Bertz CT molecular complexity index is 790. The normalized spacial score (nSPS) is 19.9. The number of fused-ring (bicyclic) bond motifs is 1. The largest absolute Gasteiger partial charge is 0.349 e. The molecule has 0 heterocycles. The molecule has 0 fully saturated rings. The van der Waals surface area contributed by atoms with Crippen molar-refractivity contribution in [3.05, 3.63) is 54.6 Å². The van der Waals surface area contributed by atoms with E-state index < -0.39 is 0 Å². The van der Waals surface area contributed by atoms with Gasteiger partial charge in [0.25, 0.3) is 0 Å². The van der Waals surface area contributed by atoms with Crippen molar-refractivity contribution >= 4 is 28.3 Å². The maximum absolute atomic E-state index is 12.8. The number of hydrogen-bond acceptors (Lipinski definition) is 2. The van der Waals surface area contributed by atoms with Crippen molar-refractivity contribution in [2.75, 3.05) is 19.4 Å². The molecule has 4 nitrogen and oxygen atoms in total. The predicted molar refractivity (Wildman–Crippen MR) is 96.6 cm³/mol. The van der Waals surface area contributed by atoms with Crippen LogP contribution in [0.1, 0.15) is 12.8 Å². The zero-order valence-electron chi connectivity index (χ0n) is 14.0. The molecule has 2 unspecified atom stereocenters. The van der Waals surface area contributed by atoms with Crippen LogP contribution in [0.2, 0.25) is 0 Å². The first-order chi connectivity index (χ1) is 11.6. The van der Waals surface area contributed by atoms with Crippen molar-refractivity contribution in [3.63, 3.8) is 0 Å². The van der Waals surface area contributed by atoms with Gasteiger partial charge in [-0.3, -0.25) is 9.59 Å². The number of anilines is 1. The highest BCUT2D eigenvalue weighted by molar-refractivity contribution is 6.04. The highest BCUT2D eigenvalue weighted by Gasteiger charge is 2.34. The molecule has 24 heavy (non-hydrogen) atoms. The Kier molecular flexibility index (Phi) is 4.65. The van der Waals surface area contributed by atoms with Crippen LogP contribution in [0.5, 0.6) is 0 Å². The summed E-state index contributed by atoms with van der Waals surface area (Å²) in [7, 11) is 3.47. The van der Waals surface area contributed by atoms with Crippen LogP contribution in [0.25, 0.3) is 10.8 Å². The van der Waals surface area contributed by atoms with E-state index in [2.05, 4.69) is 5.32 Å². The molecule has 1 N–H and O–H groups in total. The summed E-state index contributed by atoms with van der Waals surface area (Å²) in [6.07, 6.45) is 5.20. The van der Waals surface area contributed by atoms with Crippen LogP contribution in [0, 0.1) is 11.8 Å². The second-order valence-corrected chi connectivity index (χ2v) is 6.40. The zero-order valence-corrected chi connectivity index (χ0v) is 14.0. The van der Waals surface area contributed by atoms with Gasteiger partial charge in [0.05, 0.1) is 11.8 Å². The van der Waals surface area contributed by atoms with Crippen LogP contribution in [0.3, 0.4) is 0 Å². The van der Waals surface area contributed by atoms with Crippen LogP contribution in [-0.2, 0) is 9.59 Å². The molecule has 124 valence electrons. The van der Waals surface area contributed by atoms with E-state index in [1.807, 2.05) is 54.6 Å². The fraction of sp³-hybridized carbons (Fsp3) is 0.300. The van der Waals surface area contributed by atoms with Gasteiger partial charge in [-0.2, -0.15) is 0 Å². The Balaban J connectivity index is 1.85. The molecule has 1 aliphatic carbocycles. The quantitative estimate of drug-likeness (QED) is 0.880. The summed E-state index contributed by atoms with van der Waals surface area (Å²) in [4.78, 5) is 26.8. The van der Waals surface area contributed by atoms with E-state index >= 15 is 0 Å². The summed E-state index contributed by atoms with van der Waals surface area (Å²) in [5.74, 6) is -0.697. The lowest BCUT2D eigenvalue weighted by Crippen LogP contribution is -2.40. The van der Waals surface area contributed by atoms with Crippen molar-refractivity contribution in [2.45, 2.75) is 12.8 Å². The number of carbonyl (C=O) groups excluding carboxylic acids is 2. The summed E-state index contributed by atoms with van der Waals surface area (Å²) in [6.45, 7) is 0. The van der Waals surface area contributed by atoms with Gasteiger partial charge in [-0.15, -0.1) is 0 Å². The van der Waals surface area contributed by atoms with E-state index in [0.29, 0.717) is 12.8 Å². The monoisotopic (exact) mass is 322 g/mol. The van der Waals surface area contributed by atoms with Crippen molar-refractivity contribution in [1.29, 1.82) is 0 Å². The molecular formula is C20H22N2O2. The zero-order chi connectivity index (χ0) is 17.1. The topological polar surface area (TPSA) is 49.4 Å². The van der Waals surface area contributed by atoms with Crippen LogP contribution < -0.4 is 5.32 Å². The Labute approximate surface area is 142 Å². The Morgan fingerprint density at radius 3 is 2.38 bits per heavy atom. The lowest BCUT2D eigenvalue weighted by atomic mass is 9.81. The van der Waals surface area contributed by atoms with Crippen LogP contribution in [0.15, 0.2) is 54.6 Å². The highest BCUT2D eigenvalue weighted by atomic mass is 16.2. The van der Waals surface area contributed by atoms with Crippen LogP contribution in [-0.4, -0.2) is 30.8 Å². The van der Waals surface area contributed by atoms with Gasteiger partial charge in [0, 0.05) is 25.2 Å². The number of amides is 2. The number of allylic oxidation sites excluding steroid dienone is 2. The third-order valence-electron chi connectivity index (χ3n) is 4.57. The second-order valence-electron chi connectivity index (χ2n) is 6.40. The first kappa shape index (κ1) is 16.2. The molecule has 0 radical (unpaired) electrons. The van der Waals surface area contributed by atoms with E-state index in [9.17, 15) is 9.59 Å². The fourth-order valence-corrected chi connectivity index (χ4v) is 3.27. The van der Waals surface area contributed by atoms with Gasteiger partial charge >= 0.3 is 0 Å². The number of nitrogens with zero attached hydrogens (tertiary/aromatic N) is 1. The van der Waals surface area contributed by atoms with Crippen molar-refractivity contribution in [3.8, 4) is 0 Å². The van der Waals surface area contributed by atoms with Gasteiger partial charge in [-0.05, 0) is 24.3 Å². The maximum atomic E-state index is 12.8. The molecule has 2 aromatic carbocycles. The number of hydrogen-bond donors (Lipinski definition) is 1. The third kappa shape index (κ3) is 3.18. The molecule has 4 heteroatoms. The summed E-state index contributed by atoms with van der Waals surface area (Å²) in [6, 6.07) is 13.8. The molecule has 0 saturated heterocycles. The van der Waals surface area contributed by atoms with Gasteiger partial charge in [0.1, 0.15) is 0 Å². The molecular weight excluding hydrogens is 300 g/mol. The van der Waals surface area contributed by atoms with E-state index in [1.165, 1.54) is 0 Å². The summed E-state index contributed by atoms with van der Waals surface area (Å²) in [5, 5.41) is 5.13. The van der Waals surface area contributed by atoms with Crippen molar-refractivity contribution in [2.24, 2.45) is 11.8 Å². The molecule has 0 saturated carbocycles. The second kappa shape index (κ2) is 6.87. The molecule has 0 aliphatic heterocycles. The lowest BCUT2D eigenvalue weighted by Gasteiger charge is -2.29. The molecule has 2 amide bonds. The standard InChI is InChI=1S/C20H22N2O2/c1-22(2)20(24)17-12-6-5-11-16(17)19(23)21-18-13-7-9-14-8-3-4-10-15(14)18/h3-10,13,16-17H,11-12H2,1-2H3,(H,21,23). The van der Waals surface area contributed by atoms with E-state index in [0.717, 1.165) is 16.5 Å². The smallest absolute Gasteiger partial charge is 0.228 e. The van der Waals surface area contributed by atoms with Gasteiger partial charge in [0.15, 0.2) is 0 Å². The SMILES string of the molecule is CN(C)C(=O)C1CC=CCC1C(=O)Nc1cccc2ccccc12. The molecule has 2 aromatic rings. The number of nitrogens with one attached hydrogen (secondary N) is 1. The van der Waals surface area contributed by atoms with Gasteiger partial charge in [0.2, 0.25) is 11.8 Å². The molecule has 0 spiro atoms. The molecule has 1 aliphatic rings. The van der Waals surface area contributed by atoms with E-state index in [1.54, 1.807) is 19.0 Å². The number of benzene rings is 2. The number of carbonyl (C=O) groups is 2. The van der Waals surface area contributed by atoms with E-state index in [4.69, 9.17) is 0 Å². The minimum atomic E-state index is -0.330. The van der Waals surface area contributed by atoms with Gasteiger partial charge in [-0.25, -0.2) is 0 Å². The molecule has 2 atom stereocenters. The number of rotatable bonds is 3. The molecule has 0 bridgehead atoms. The van der Waals surface area contributed by atoms with Crippen LogP contribution in [0.4, 0.5) is 5.69 Å². The predicted octanol–water partition coefficient (Wildman–Crippen LogP) is 3.45. The average Bonchev–Trinajstić information content (AvgIpc) is 2.61. The molecule has 0 aromatic heterocycles. The summed E-state index contributed by atoms with van der Waals surface area (Å²) in [5.41, 5.74) is 0.795. The highest BCUT2D eigenvalue weighted by Crippen LogP contribution is 2.30. The Hall–Kier alpha value is -2.62. The van der Waals surface area contributed by atoms with Crippen molar-refractivity contribution in [1.82, 2.24) is 4.90 Å². The van der Waals surface area contributed by atoms with E-state index in [-0.39, 0.29) is 23.7 Å².